The normalized spacial score (nSPS) is 24.4. The Morgan fingerprint density at radius 3 is 2.61 bits per heavy atom. The summed E-state index contributed by atoms with van der Waals surface area (Å²) in [6.07, 6.45) is 0.891. The maximum atomic E-state index is 12.2. The van der Waals surface area contributed by atoms with Crippen molar-refractivity contribution in [2.24, 2.45) is 0 Å². The molecule has 1 amide bonds. The van der Waals surface area contributed by atoms with Crippen molar-refractivity contribution in [2.75, 3.05) is 4.90 Å². The molecule has 2 heterocycles. The number of benzene rings is 1. The minimum Gasteiger partial charge on any atom is -0.299 e. The number of nitrogens with zero attached hydrogens (tertiary/aromatic N) is 1. The Morgan fingerprint density at radius 1 is 1.28 bits per heavy atom. The van der Waals surface area contributed by atoms with Gasteiger partial charge in [-0.2, -0.15) is 0 Å². The van der Waals surface area contributed by atoms with Crippen molar-refractivity contribution in [1.82, 2.24) is 0 Å². The number of ketones is 1. The molecule has 0 fully saturated rings. The van der Waals surface area contributed by atoms with Gasteiger partial charge in [0.15, 0.2) is 0 Å². The van der Waals surface area contributed by atoms with Gasteiger partial charge in [-0.1, -0.05) is 13.0 Å². The number of anilines is 1. The van der Waals surface area contributed by atoms with Gasteiger partial charge in [-0.25, -0.2) is 0 Å². The van der Waals surface area contributed by atoms with Crippen LogP contribution >= 0.6 is 0 Å². The summed E-state index contributed by atoms with van der Waals surface area (Å²) in [5, 5.41) is 0. The van der Waals surface area contributed by atoms with E-state index in [2.05, 4.69) is 13.0 Å². The summed E-state index contributed by atoms with van der Waals surface area (Å²) in [7, 11) is 0. The average Bonchev–Trinajstić information content (AvgIpc) is 2.50. The van der Waals surface area contributed by atoms with Crippen molar-refractivity contribution in [3.63, 3.8) is 0 Å². The molecule has 3 nitrogen and oxygen atoms in total. The van der Waals surface area contributed by atoms with Gasteiger partial charge in [0.25, 0.3) is 11.7 Å². The molecule has 0 saturated heterocycles. The molecule has 0 N–H and O–H groups in total. The highest BCUT2D eigenvalue weighted by atomic mass is 16.2. The third-order valence-corrected chi connectivity index (χ3v) is 4.09. The number of amides is 1. The highest BCUT2D eigenvalue weighted by Crippen LogP contribution is 2.48. The second kappa shape index (κ2) is 3.22. The standard InChI is InChI=1S/C15H17NO2/c1-8-5-10-9(2)7-15(3,4)16-12(10)11(6-8)13(17)14(16)18/h5-6,9H,7H2,1-4H3/t9-/m1/s1. The molecular formula is C15H17NO2. The van der Waals surface area contributed by atoms with E-state index in [0.717, 1.165) is 23.2 Å². The lowest BCUT2D eigenvalue weighted by molar-refractivity contribution is -0.115. The number of Topliss-reactive ketones (excluding diaryl/α,β-unsaturated/α-hetero) is 1. The summed E-state index contributed by atoms with van der Waals surface area (Å²) in [5.41, 5.74) is 3.37. The third kappa shape index (κ3) is 1.25. The summed E-state index contributed by atoms with van der Waals surface area (Å²) < 4.78 is 0. The van der Waals surface area contributed by atoms with E-state index in [-0.39, 0.29) is 17.2 Å². The highest BCUT2D eigenvalue weighted by Gasteiger charge is 2.48. The second-order valence-electron chi connectivity index (χ2n) is 6.14. The molecular weight excluding hydrogens is 226 g/mol. The Kier molecular flexibility index (Phi) is 2.05. The lowest BCUT2D eigenvalue weighted by atomic mass is 9.80. The number of hydrogen-bond donors (Lipinski definition) is 0. The fourth-order valence-electron chi connectivity index (χ4n) is 3.45. The molecule has 3 rings (SSSR count). The van der Waals surface area contributed by atoms with Crippen LogP contribution in [0.1, 0.15) is 54.6 Å². The number of aryl methyl sites for hydroxylation is 1. The van der Waals surface area contributed by atoms with Crippen molar-refractivity contribution >= 4 is 17.4 Å². The summed E-state index contributed by atoms with van der Waals surface area (Å²) in [4.78, 5) is 26.0. The molecule has 0 bridgehead atoms. The van der Waals surface area contributed by atoms with Crippen LogP contribution in [0.2, 0.25) is 0 Å². The molecule has 0 aromatic heterocycles. The molecule has 2 aliphatic heterocycles. The molecule has 0 spiro atoms. The van der Waals surface area contributed by atoms with E-state index in [0.29, 0.717) is 11.5 Å². The minimum absolute atomic E-state index is 0.278. The van der Waals surface area contributed by atoms with Crippen LogP contribution in [0.25, 0.3) is 0 Å². The Hall–Kier alpha value is -1.64. The summed E-state index contributed by atoms with van der Waals surface area (Å²) in [5.74, 6) is -0.338. The zero-order chi connectivity index (χ0) is 13.2. The van der Waals surface area contributed by atoms with Gasteiger partial charge in [-0.15, -0.1) is 0 Å². The van der Waals surface area contributed by atoms with E-state index < -0.39 is 0 Å². The van der Waals surface area contributed by atoms with Gasteiger partial charge in [-0.3, -0.25) is 14.5 Å². The van der Waals surface area contributed by atoms with Crippen LogP contribution in [0.3, 0.4) is 0 Å². The van der Waals surface area contributed by atoms with E-state index in [1.807, 2.05) is 26.8 Å². The first-order valence-corrected chi connectivity index (χ1v) is 6.36. The van der Waals surface area contributed by atoms with Crippen LogP contribution in [0.5, 0.6) is 0 Å². The van der Waals surface area contributed by atoms with Crippen molar-refractivity contribution in [1.29, 1.82) is 0 Å². The van der Waals surface area contributed by atoms with Crippen LogP contribution in [0.15, 0.2) is 12.1 Å². The summed E-state index contributed by atoms with van der Waals surface area (Å²) in [6, 6.07) is 3.95. The van der Waals surface area contributed by atoms with E-state index in [9.17, 15) is 9.59 Å². The number of hydrogen-bond acceptors (Lipinski definition) is 2. The fraction of sp³-hybridized carbons (Fsp3) is 0.467. The van der Waals surface area contributed by atoms with Gasteiger partial charge in [0.05, 0.1) is 11.3 Å². The van der Waals surface area contributed by atoms with Crippen molar-refractivity contribution in [3.8, 4) is 0 Å². The molecule has 0 saturated carbocycles. The van der Waals surface area contributed by atoms with Gasteiger partial charge in [0, 0.05) is 5.54 Å². The van der Waals surface area contributed by atoms with Crippen molar-refractivity contribution in [3.05, 3.63) is 28.8 Å². The maximum absolute atomic E-state index is 12.2. The molecule has 94 valence electrons. The van der Waals surface area contributed by atoms with Gasteiger partial charge in [0.1, 0.15) is 0 Å². The second-order valence-corrected chi connectivity index (χ2v) is 6.14. The molecule has 1 aromatic rings. The van der Waals surface area contributed by atoms with Crippen LogP contribution in [0, 0.1) is 6.92 Å². The third-order valence-electron chi connectivity index (χ3n) is 4.09. The summed E-state index contributed by atoms with van der Waals surface area (Å²) >= 11 is 0. The maximum Gasteiger partial charge on any atom is 0.299 e. The van der Waals surface area contributed by atoms with Crippen molar-refractivity contribution < 1.29 is 9.59 Å². The van der Waals surface area contributed by atoms with E-state index in [4.69, 9.17) is 0 Å². The largest absolute Gasteiger partial charge is 0.299 e. The zero-order valence-corrected chi connectivity index (χ0v) is 11.2. The van der Waals surface area contributed by atoms with Crippen LogP contribution in [0.4, 0.5) is 5.69 Å². The molecule has 0 unspecified atom stereocenters. The van der Waals surface area contributed by atoms with E-state index >= 15 is 0 Å². The monoisotopic (exact) mass is 243 g/mol. The predicted octanol–water partition coefficient (Wildman–Crippen LogP) is 2.81. The SMILES string of the molecule is Cc1cc2c3c(c1)[C@H](C)CC(C)(C)N3C(=O)C2=O. The van der Waals surface area contributed by atoms with E-state index in [1.165, 1.54) is 0 Å². The molecule has 0 aliphatic carbocycles. The van der Waals surface area contributed by atoms with Crippen LogP contribution in [-0.2, 0) is 4.79 Å². The highest BCUT2D eigenvalue weighted by molar-refractivity contribution is 6.52. The molecule has 3 heteroatoms. The van der Waals surface area contributed by atoms with Gasteiger partial charge in [0.2, 0.25) is 0 Å². The first kappa shape index (κ1) is 11.5. The van der Waals surface area contributed by atoms with Crippen LogP contribution in [-0.4, -0.2) is 17.2 Å². The van der Waals surface area contributed by atoms with Gasteiger partial charge < -0.3 is 0 Å². The quantitative estimate of drug-likeness (QED) is 0.657. The molecule has 1 atom stereocenters. The summed E-state index contributed by atoms with van der Waals surface area (Å²) in [6.45, 7) is 8.21. The minimum atomic E-state index is -0.367. The first-order valence-electron chi connectivity index (χ1n) is 6.36. The Labute approximate surface area is 107 Å². The average molecular weight is 243 g/mol. The smallest absolute Gasteiger partial charge is 0.299 e. The lowest BCUT2D eigenvalue weighted by Gasteiger charge is -2.43. The molecule has 2 aliphatic rings. The first-order chi connectivity index (χ1) is 8.33. The fourth-order valence-corrected chi connectivity index (χ4v) is 3.45. The topological polar surface area (TPSA) is 37.4 Å². The van der Waals surface area contributed by atoms with Gasteiger partial charge >= 0.3 is 0 Å². The molecule has 1 aromatic carbocycles. The molecule has 18 heavy (non-hydrogen) atoms. The van der Waals surface area contributed by atoms with E-state index in [1.54, 1.807) is 4.90 Å². The van der Waals surface area contributed by atoms with Gasteiger partial charge in [-0.05, 0) is 50.3 Å². The Balaban J connectivity index is 2.36. The number of carbonyl (C=O) groups is 2. The number of rotatable bonds is 0. The Morgan fingerprint density at radius 2 is 1.94 bits per heavy atom. The Bertz CT molecular complexity index is 586. The zero-order valence-electron chi connectivity index (χ0n) is 11.2. The predicted molar refractivity (Wildman–Crippen MR) is 70.1 cm³/mol. The lowest BCUT2D eigenvalue weighted by Crippen LogP contribution is -2.50. The van der Waals surface area contributed by atoms with Crippen LogP contribution < -0.4 is 4.90 Å². The number of carbonyl (C=O) groups excluding carboxylic acids is 2. The van der Waals surface area contributed by atoms with Crippen molar-refractivity contribution in [2.45, 2.75) is 45.6 Å². The molecule has 0 radical (unpaired) electrons.